The highest BCUT2D eigenvalue weighted by molar-refractivity contribution is 7.07. The minimum Gasteiger partial charge on any atom is -0.496 e. The normalized spacial score (nSPS) is 14.6. The molecule has 0 fully saturated rings. The van der Waals surface area contributed by atoms with Crippen LogP contribution in [0.2, 0.25) is 5.02 Å². The van der Waals surface area contributed by atoms with Crippen molar-refractivity contribution in [2.24, 2.45) is 4.99 Å². The number of rotatable bonds is 9. The molecule has 232 valence electrons. The van der Waals surface area contributed by atoms with E-state index in [1.54, 1.807) is 36.8 Å². The Balaban J connectivity index is 1.57. The van der Waals surface area contributed by atoms with E-state index in [9.17, 15) is 14.9 Å². The third-order valence-electron chi connectivity index (χ3n) is 7.96. The SMILES string of the molecule is CCCC1=C(C(=O)OCC)[C@H](c2cc(Cl)ccc2OC)n2c(s/c(=C/c3cn(Cc4ccccc4C#N)c4ccccc34)c2=O)=N1. The summed E-state index contributed by atoms with van der Waals surface area (Å²) in [5, 5.41) is 11.1. The highest BCUT2D eigenvalue weighted by Gasteiger charge is 2.36. The van der Waals surface area contributed by atoms with Gasteiger partial charge in [-0.2, -0.15) is 5.26 Å². The molecule has 10 heteroatoms. The molecule has 1 aliphatic rings. The number of ether oxygens (including phenoxy) is 2. The average Bonchev–Trinajstić information content (AvgIpc) is 3.56. The predicted molar refractivity (Wildman–Crippen MR) is 180 cm³/mol. The van der Waals surface area contributed by atoms with Gasteiger partial charge in [-0.25, -0.2) is 9.79 Å². The third-order valence-corrected chi connectivity index (χ3v) is 9.18. The Labute approximate surface area is 274 Å². The molecule has 46 heavy (non-hydrogen) atoms. The summed E-state index contributed by atoms with van der Waals surface area (Å²) in [5.41, 5.74) is 4.51. The van der Waals surface area contributed by atoms with Crippen LogP contribution in [-0.2, 0) is 16.1 Å². The zero-order valence-corrected chi connectivity index (χ0v) is 27.2. The number of methoxy groups -OCH3 is 1. The van der Waals surface area contributed by atoms with E-state index in [4.69, 9.17) is 26.1 Å². The lowest BCUT2D eigenvalue weighted by molar-refractivity contribution is -0.139. The van der Waals surface area contributed by atoms with Gasteiger partial charge < -0.3 is 14.0 Å². The van der Waals surface area contributed by atoms with E-state index in [1.165, 1.54) is 11.3 Å². The Morgan fingerprint density at radius 3 is 2.67 bits per heavy atom. The first-order chi connectivity index (χ1) is 22.4. The molecule has 0 bridgehead atoms. The van der Waals surface area contributed by atoms with Crippen molar-refractivity contribution in [1.29, 1.82) is 5.26 Å². The summed E-state index contributed by atoms with van der Waals surface area (Å²) in [6, 6.07) is 22.1. The van der Waals surface area contributed by atoms with Crippen LogP contribution in [0.15, 0.2) is 94.0 Å². The summed E-state index contributed by atoms with van der Waals surface area (Å²) in [6.07, 6.45) is 5.14. The molecule has 6 rings (SSSR count). The number of esters is 1. The second kappa shape index (κ2) is 13.2. The summed E-state index contributed by atoms with van der Waals surface area (Å²) in [4.78, 5) is 33.3. The van der Waals surface area contributed by atoms with Crippen LogP contribution in [-0.4, -0.2) is 28.8 Å². The summed E-state index contributed by atoms with van der Waals surface area (Å²) >= 11 is 7.74. The molecule has 5 aromatic rings. The fraction of sp³-hybridized carbons (Fsp3) is 0.222. The zero-order valence-electron chi connectivity index (χ0n) is 25.6. The molecule has 0 aliphatic carbocycles. The fourth-order valence-corrected chi connectivity index (χ4v) is 7.14. The van der Waals surface area contributed by atoms with Gasteiger partial charge in [0.05, 0.1) is 41.2 Å². The van der Waals surface area contributed by atoms with Crippen molar-refractivity contribution in [1.82, 2.24) is 9.13 Å². The van der Waals surface area contributed by atoms with E-state index in [0.29, 0.717) is 55.5 Å². The maximum Gasteiger partial charge on any atom is 0.338 e. The topological polar surface area (TPSA) is 98.6 Å². The predicted octanol–water partition coefficient (Wildman–Crippen LogP) is 6.12. The number of carbonyl (C=O) groups excluding carboxylic acids is 1. The number of fused-ring (bicyclic) bond motifs is 2. The van der Waals surface area contributed by atoms with Gasteiger partial charge in [-0.05, 0) is 55.3 Å². The summed E-state index contributed by atoms with van der Waals surface area (Å²) < 4.78 is 15.3. The smallest absolute Gasteiger partial charge is 0.338 e. The first-order valence-corrected chi connectivity index (χ1v) is 16.2. The van der Waals surface area contributed by atoms with Crippen LogP contribution < -0.4 is 19.6 Å². The lowest BCUT2D eigenvalue weighted by atomic mass is 9.93. The number of thiazole rings is 1. The highest BCUT2D eigenvalue weighted by Crippen LogP contribution is 2.38. The van der Waals surface area contributed by atoms with Gasteiger partial charge in [0.1, 0.15) is 11.8 Å². The Morgan fingerprint density at radius 1 is 1.13 bits per heavy atom. The van der Waals surface area contributed by atoms with Crippen molar-refractivity contribution >= 4 is 45.9 Å². The van der Waals surface area contributed by atoms with Crippen molar-refractivity contribution in [3.63, 3.8) is 0 Å². The molecule has 0 saturated heterocycles. The quantitative estimate of drug-likeness (QED) is 0.179. The molecule has 8 nitrogen and oxygen atoms in total. The molecule has 0 N–H and O–H groups in total. The molecule has 2 aromatic heterocycles. The Morgan fingerprint density at radius 2 is 1.91 bits per heavy atom. The number of aromatic nitrogens is 2. The van der Waals surface area contributed by atoms with E-state index in [0.717, 1.165) is 28.5 Å². The van der Waals surface area contributed by atoms with Crippen LogP contribution in [0.5, 0.6) is 5.75 Å². The first-order valence-electron chi connectivity index (χ1n) is 15.0. The minimum absolute atomic E-state index is 0.175. The van der Waals surface area contributed by atoms with Gasteiger partial charge in [-0.3, -0.25) is 9.36 Å². The maximum atomic E-state index is 14.4. The van der Waals surface area contributed by atoms with E-state index in [-0.39, 0.29) is 12.2 Å². The van der Waals surface area contributed by atoms with Crippen molar-refractivity contribution in [3.05, 3.63) is 131 Å². The number of hydrogen-bond acceptors (Lipinski definition) is 7. The molecular formula is C36H31ClN4O4S. The Bertz CT molecular complexity index is 2240. The number of para-hydroxylation sites is 1. The van der Waals surface area contributed by atoms with Crippen LogP contribution in [0.1, 0.15) is 55.0 Å². The molecule has 1 atom stereocenters. The number of nitriles is 1. The number of allylic oxidation sites excluding steroid dienone is 1. The molecule has 0 saturated carbocycles. The van der Waals surface area contributed by atoms with Crippen LogP contribution >= 0.6 is 22.9 Å². The van der Waals surface area contributed by atoms with Gasteiger partial charge in [0.15, 0.2) is 4.80 Å². The zero-order chi connectivity index (χ0) is 32.4. The van der Waals surface area contributed by atoms with E-state index >= 15 is 0 Å². The van der Waals surface area contributed by atoms with Crippen LogP contribution in [0.4, 0.5) is 0 Å². The lowest BCUT2D eigenvalue weighted by Crippen LogP contribution is -2.40. The van der Waals surface area contributed by atoms with Crippen LogP contribution in [0.25, 0.3) is 17.0 Å². The molecule has 1 aliphatic heterocycles. The number of nitrogens with zero attached hydrogens (tertiary/aromatic N) is 4. The number of halogens is 1. The van der Waals surface area contributed by atoms with Gasteiger partial charge in [0, 0.05) is 39.8 Å². The second-order valence-corrected chi connectivity index (χ2v) is 12.2. The number of benzene rings is 3. The molecule has 3 aromatic carbocycles. The number of carbonyl (C=O) groups is 1. The van der Waals surface area contributed by atoms with Crippen molar-refractivity contribution in [3.8, 4) is 11.8 Å². The molecule has 0 radical (unpaired) electrons. The Kier molecular flexibility index (Phi) is 8.93. The van der Waals surface area contributed by atoms with Gasteiger partial charge in [-0.15, -0.1) is 0 Å². The van der Waals surface area contributed by atoms with Gasteiger partial charge >= 0.3 is 5.97 Å². The fourth-order valence-electron chi connectivity index (χ4n) is 5.95. The van der Waals surface area contributed by atoms with E-state index in [2.05, 4.69) is 10.6 Å². The van der Waals surface area contributed by atoms with Gasteiger partial charge in [0.2, 0.25) is 0 Å². The number of hydrogen-bond donors (Lipinski definition) is 0. The lowest BCUT2D eigenvalue weighted by Gasteiger charge is -2.27. The molecule has 3 heterocycles. The standard InChI is InChI=1S/C36H31ClN4O4S/c1-4-10-28-32(35(43)45-5-2)33(27-18-25(37)15-16-30(27)44-3)41-34(42)31(46-36(41)39-28)17-24-21-40(29-14-9-8-13-26(24)29)20-23-12-7-6-11-22(23)19-38/h6-9,11-18,21,33H,4-5,10,20H2,1-3H3/b31-17+/t33-/m0/s1. The van der Waals surface area contributed by atoms with Crippen molar-refractivity contribution in [2.45, 2.75) is 39.3 Å². The largest absolute Gasteiger partial charge is 0.496 e. The van der Waals surface area contributed by atoms with E-state index in [1.807, 2.05) is 67.7 Å². The Hall–Kier alpha value is -4.91. The third kappa shape index (κ3) is 5.66. The monoisotopic (exact) mass is 650 g/mol. The maximum absolute atomic E-state index is 14.4. The molecular weight excluding hydrogens is 620 g/mol. The summed E-state index contributed by atoms with van der Waals surface area (Å²) in [6.45, 7) is 4.43. The molecule has 0 amide bonds. The first kappa shape index (κ1) is 31.1. The summed E-state index contributed by atoms with van der Waals surface area (Å²) in [5.74, 6) is -0.0408. The summed E-state index contributed by atoms with van der Waals surface area (Å²) in [7, 11) is 1.54. The average molecular weight is 651 g/mol. The highest BCUT2D eigenvalue weighted by atomic mass is 35.5. The molecule has 0 spiro atoms. The van der Waals surface area contributed by atoms with E-state index < -0.39 is 12.0 Å². The van der Waals surface area contributed by atoms with Gasteiger partial charge in [-0.1, -0.05) is 72.7 Å². The molecule has 0 unspecified atom stereocenters. The van der Waals surface area contributed by atoms with Crippen LogP contribution in [0.3, 0.4) is 0 Å². The second-order valence-electron chi connectivity index (χ2n) is 10.8. The minimum atomic E-state index is -0.850. The van der Waals surface area contributed by atoms with Crippen LogP contribution in [0, 0.1) is 11.3 Å². The van der Waals surface area contributed by atoms with Crippen molar-refractivity contribution in [2.75, 3.05) is 13.7 Å². The van der Waals surface area contributed by atoms with Crippen molar-refractivity contribution < 1.29 is 14.3 Å². The van der Waals surface area contributed by atoms with Gasteiger partial charge in [0.25, 0.3) is 5.56 Å².